The van der Waals surface area contributed by atoms with Crippen LogP contribution >= 0.6 is 0 Å². The number of piperidine rings is 1. The lowest BCUT2D eigenvalue weighted by molar-refractivity contribution is 0.191. The van der Waals surface area contributed by atoms with Gasteiger partial charge in [-0.2, -0.15) is 0 Å². The molecule has 2 rings (SSSR count). The number of anilines is 1. The van der Waals surface area contributed by atoms with Gasteiger partial charge >= 0.3 is 0 Å². The van der Waals surface area contributed by atoms with Gasteiger partial charge in [-0.15, -0.1) is 0 Å². The molecule has 0 aliphatic carbocycles. The number of benzene rings is 1. The van der Waals surface area contributed by atoms with E-state index in [-0.39, 0.29) is 0 Å². The predicted molar refractivity (Wildman–Crippen MR) is 74.0 cm³/mol. The van der Waals surface area contributed by atoms with Gasteiger partial charge in [-0.3, -0.25) is 0 Å². The molecule has 1 aliphatic heterocycles. The molecule has 0 unspecified atom stereocenters. The second-order valence-corrected chi connectivity index (χ2v) is 5.33. The van der Waals surface area contributed by atoms with Crippen LogP contribution in [0.15, 0.2) is 24.3 Å². The largest absolute Gasteiger partial charge is 0.399 e. The first-order valence-corrected chi connectivity index (χ1v) is 6.81. The Kier molecular flexibility index (Phi) is 4.43. The number of nitrogens with two attached hydrogens (primary N) is 1. The van der Waals surface area contributed by atoms with E-state index in [9.17, 15) is 0 Å². The van der Waals surface area contributed by atoms with E-state index < -0.39 is 0 Å². The summed E-state index contributed by atoms with van der Waals surface area (Å²) in [5.41, 5.74) is 8.19. The second-order valence-electron chi connectivity index (χ2n) is 5.33. The fourth-order valence-corrected chi connectivity index (χ4v) is 2.54. The average Bonchev–Trinajstić information content (AvgIpc) is 2.34. The van der Waals surface area contributed by atoms with Crippen molar-refractivity contribution in [3.8, 4) is 0 Å². The third-order valence-corrected chi connectivity index (χ3v) is 3.85. The van der Waals surface area contributed by atoms with Crippen LogP contribution in [-0.4, -0.2) is 24.5 Å². The molecular formula is C15H24N2. The number of hydrogen-bond donors (Lipinski definition) is 1. The van der Waals surface area contributed by atoms with Crippen molar-refractivity contribution in [2.75, 3.05) is 25.4 Å². The Bertz CT molecular complexity index is 341. The van der Waals surface area contributed by atoms with Gasteiger partial charge in [-0.25, -0.2) is 0 Å². The molecule has 0 bridgehead atoms. The molecule has 1 saturated heterocycles. The minimum atomic E-state index is 0.927. The van der Waals surface area contributed by atoms with Crippen LogP contribution in [0.2, 0.25) is 0 Å². The summed E-state index contributed by atoms with van der Waals surface area (Å²) < 4.78 is 0. The van der Waals surface area contributed by atoms with Gasteiger partial charge in [0.15, 0.2) is 0 Å². The summed E-state index contributed by atoms with van der Waals surface area (Å²) in [5, 5.41) is 0. The van der Waals surface area contributed by atoms with E-state index in [1.807, 2.05) is 12.1 Å². The lowest BCUT2D eigenvalue weighted by Gasteiger charge is -2.30. The van der Waals surface area contributed by atoms with Crippen LogP contribution in [0.4, 0.5) is 5.69 Å². The Labute approximate surface area is 105 Å². The molecule has 0 radical (unpaired) electrons. The summed E-state index contributed by atoms with van der Waals surface area (Å²) in [6, 6.07) is 8.23. The van der Waals surface area contributed by atoms with Crippen LogP contribution in [0.1, 0.15) is 31.7 Å². The summed E-state index contributed by atoms with van der Waals surface area (Å²) in [6.07, 6.45) is 5.07. The molecule has 1 aromatic carbocycles. The SMILES string of the molecule is CC1CCN(CCCc2ccccc2N)CC1. The number of nitrogens with zero attached hydrogens (tertiary/aromatic N) is 1. The smallest absolute Gasteiger partial charge is 0.0346 e. The molecule has 1 fully saturated rings. The molecule has 2 nitrogen and oxygen atoms in total. The van der Waals surface area contributed by atoms with Crippen LogP contribution in [0.25, 0.3) is 0 Å². The molecule has 0 atom stereocenters. The third kappa shape index (κ3) is 3.74. The Morgan fingerprint density at radius 2 is 1.94 bits per heavy atom. The zero-order chi connectivity index (χ0) is 12.1. The fourth-order valence-electron chi connectivity index (χ4n) is 2.54. The first-order valence-electron chi connectivity index (χ1n) is 6.81. The zero-order valence-electron chi connectivity index (χ0n) is 10.9. The van der Waals surface area contributed by atoms with Crippen LogP contribution in [-0.2, 0) is 6.42 Å². The first-order chi connectivity index (χ1) is 8.25. The van der Waals surface area contributed by atoms with Gasteiger partial charge < -0.3 is 10.6 Å². The minimum Gasteiger partial charge on any atom is -0.399 e. The van der Waals surface area contributed by atoms with Crippen molar-refractivity contribution in [2.24, 2.45) is 5.92 Å². The molecule has 1 aromatic rings. The molecular weight excluding hydrogens is 208 g/mol. The Balaban J connectivity index is 1.71. The number of aryl methyl sites for hydroxylation is 1. The van der Waals surface area contributed by atoms with Crippen LogP contribution in [0.5, 0.6) is 0 Å². The minimum absolute atomic E-state index is 0.927. The van der Waals surface area contributed by atoms with E-state index in [4.69, 9.17) is 5.73 Å². The maximum atomic E-state index is 5.94. The fraction of sp³-hybridized carbons (Fsp3) is 0.600. The van der Waals surface area contributed by atoms with E-state index >= 15 is 0 Å². The lowest BCUT2D eigenvalue weighted by atomic mass is 9.99. The standard InChI is InChI=1S/C15H24N2/c1-13-8-11-17(12-9-13)10-4-6-14-5-2-3-7-15(14)16/h2-3,5,7,13H,4,6,8-12,16H2,1H3. The summed E-state index contributed by atoms with van der Waals surface area (Å²) in [4.78, 5) is 2.60. The van der Waals surface area contributed by atoms with E-state index in [0.717, 1.165) is 18.0 Å². The molecule has 0 amide bonds. The number of hydrogen-bond acceptors (Lipinski definition) is 2. The highest BCUT2D eigenvalue weighted by molar-refractivity contribution is 5.46. The van der Waals surface area contributed by atoms with Crippen molar-refractivity contribution < 1.29 is 0 Å². The lowest BCUT2D eigenvalue weighted by Crippen LogP contribution is -2.33. The summed E-state index contributed by atoms with van der Waals surface area (Å²) in [5.74, 6) is 0.927. The quantitative estimate of drug-likeness (QED) is 0.809. The molecule has 0 saturated carbocycles. The number of nitrogen functional groups attached to an aromatic ring is 1. The van der Waals surface area contributed by atoms with Crippen LogP contribution < -0.4 is 5.73 Å². The van der Waals surface area contributed by atoms with E-state index in [2.05, 4.69) is 24.0 Å². The summed E-state index contributed by atoms with van der Waals surface area (Å²) in [7, 11) is 0. The first kappa shape index (κ1) is 12.4. The molecule has 17 heavy (non-hydrogen) atoms. The Morgan fingerprint density at radius 1 is 1.24 bits per heavy atom. The Morgan fingerprint density at radius 3 is 2.65 bits per heavy atom. The topological polar surface area (TPSA) is 29.3 Å². The van der Waals surface area contributed by atoms with Crippen LogP contribution in [0, 0.1) is 5.92 Å². The highest BCUT2D eigenvalue weighted by atomic mass is 15.1. The van der Waals surface area contributed by atoms with E-state index in [1.54, 1.807) is 0 Å². The molecule has 0 aromatic heterocycles. The van der Waals surface area contributed by atoms with Crippen molar-refractivity contribution in [3.05, 3.63) is 29.8 Å². The maximum absolute atomic E-state index is 5.94. The Hall–Kier alpha value is -1.02. The highest BCUT2D eigenvalue weighted by Gasteiger charge is 2.14. The van der Waals surface area contributed by atoms with E-state index in [1.165, 1.54) is 44.5 Å². The molecule has 2 N–H and O–H groups in total. The third-order valence-electron chi connectivity index (χ3n) is 3.85. The second kappa shape index (κ2) is 6.06. The zero-order valence-corrected chi connectivity index (χ0v) is 10.9. The number of likely N-dealkylation sites (tertiary alicyclic amines) is 1. The predicted octanol–water partition coefficient (Wildman–Crippen LogP) is 2.93. The number of para-hydroxylation sites is 1. The van der Waals surface area contributed by atoms with Gasteiger partial charge in [0.05, 0.1) is 0 Å². The van der Waals surface area contributed by atoms with Gasteiger partial charge in [-0.05, 0) is 62.9 Å². The highest BCUT2D eigenvalue weighted by Crippen LogP contribution is 2.17. The molecule has 94 valence electrons. The van der Waals surface area contributed by atoms with Gasteiger partial charge in [0, 0.05) is 5.69 Å². The molecule has 1 heterocycles. The van der Waals surface area contributed by atoms with Crippen molar-refractivity contribution in [2.45, 2.75) is 32.6 Å². The maximum Gasteiger partial charge on any atom is 0.0346 e. The van der Waals surface area contributed by atoms with Gasteiger partial charge in [-0.1, -0.05) is 25.1 Å². The average molecular weight is 232 g/mol. The summed E-state index contributed by atoms with van der Waals surface area (Å²) in [6.45, 7) is 6.15. The molecule has 2 heteroatoms. The van der Waals surface area contributed by atoms with Crippen molar-refractivity contribution >= 4 is 5.69 Å². The van der Waals surface area contributed by atoms with Gasteiger partial charge in [0.25, 0.3) is 0 Å². The van der Waals surface area contributed by atoms with Crippen LogP contribution in [0.3, 0.4) is 0 Å². The number of rotatable bonds is 4. The van der Waals surface area contributed by atoms with Crippen molar-refractivity contribution in [1.82, 2.24) is 4.90 Å². The van der Waals surface area contributed by atoms with Crippen molar-refractivity contribution in [3.63, 3.8) is 0 Å². The van der Waals surface area contributed by atoms with Gasteiger partial charge in [0.1, 0.15) is 0 Å². The van der Waals surface area contributed by atoms with E-state index in [0.29, 0.717) is 0 Å². The molecule has 0 spiro atoms. The van der Waals surface area contributed by atoms with Crippen molar-refractivity contribution in [1.29, 1.82) is 0 Å². The molecule has 1 aliphatic rings. The summed E-state index contributed by atoms with van der Waals surface area (Å²) >= 11 is 0. The van der Waals surface area contributed by atoms with Gasteiger partial charge in [0.2, 0.25) is 0 Å². The monoisotopic (exact) mass is 232 g/mol. The normalized spacial score (nSPS) is 18.4.